The molecule has 0 spiro atoms. The van der Waals surface area contributed by atoms with E-state index in [0.29, 0.717) is 6.42 Å². The quantitative estimate of drug-likeness (QED) is 0.193. The van der Waals surface area contributed by atoms with Gasteiger partial charge in [0.15, 0.2) is 0 Å². The smallest absolute Gasteiger partial charge is 0.239 e. The van der Waals surface area contributed by atoms with E-state index >= 15 is 0 Å². The molecule has 0 unspecified atom stereocenters. The Bertz CT molecular complexity index is 1290. The molecule has 5 nitrogen and oxygen atoms in total. The molecule has 6 heteroatoms. The van der Waals surface area contributed by atoms with Gasteiger partial charge in [0.1, 0.15) is 5.54 Å². The topological polar surface area (TPSA) is 64.2 Å². The van der Waals surface area contributed by atoms with Gasteiger partial charge in [-0.3, -0.25) is 4.79 Å². The number of amides is 1. The van der Waals surface area contributed by atoms with Crippen LogP contribution in [0.4, 0.5) is 0 Å². The molecular weight excluding hydrogens is 540 g/mol. The van der Waals surface area contributed by atoms with Gasteiger partial charge >= 0.3 is 0 Å². The maximum absolute atomic E-state index is 13.0. The van der Waals surface area contributed by atoms with Crippen LogP contribution in [0.5, 0.6) is 0 Å². The number of benzene rings is 3. The van der Waals surface area contributed by atoms with Crippen molar-refractivity contribution in [2.75, 3.05) is 13.1 Å². The number of carbonyl (C=O) groups is 1. The average molecular weight is 585 g/mol. The van der Waals surface area contributed by atoms with Gasteiger partial charge in [-0.15, -0.1) is 12.4 Å². The van der Waals surface area contributed by atoms with E-state index in [9.17, 15) is 4.79 Å². The molecule has 0 bridgehead atoms. The molecule has 2 heterocycles. The molecule has 0 radical (unpaired) electrons. The van der Waals surface area contributed by atoms with Crippen LogP contribution in [-0.4, -0.2) is 39.5 Å². The van der Waals surface area contributed by atoms with Crippen molar-refractivity contribution in [1.82, 2.24) is 14.5 Å². The molecule has 2 N–H and O–H groups in total. The highest BCUT2D eigenvalue weighted by atomic mass is 35.5. The van der Waals surface area contributed by atoms with Crippen LogP contribution in [0.3, 0.4) is 0 Å². The average Bonchev–Trinajstić information content (AvgIpc) is 3.45. The van der Waals surface area contributed by atoms with Crippen molar-refractivity contribution in [3.05, 3.63) is 125 Å². The number of likely N-dealkylation sites (tertiary alicyclic amines) is 1. The Balaban J connectivity index is 0.00000405. The number of hydrogen-bond acceptors (Lipinski definition) is 3. The summed E-state index contributed by atoms with van der Waals surface area (Å²) in [5.74, 6) is 0.852. The standard InChI is InChI=1S/C36H44N4O.ClH/c1-3-28-23-25-39(26-24-28)35(41)32(37)21-14-22-33-34(4-2)40(27-38-33)36(29-15-8-5-9-16-29,30-17-10-6-11-18-30)31-19-12-7-13-20-31;/h5-13,15-20,27-28,32H,3-4,14,21-26,37H2,1-2H3;1H/t32-;/m0./s1. The monoisotopic (exact) mass is 584 g/mol. The highest BCUT2D eigenvalue weighted by molar-refractivity contribution is 5.85. The van der Waals surface area contributed by atoms with Crippen LogP contribution in [0.2, 0.25) is 0 Å². The van der Waals surface area contributed by atoms with E-state index in [1.165, 1.54) is 28.8 Å². The molecule has 1 aliphatic heterocycles. The summed E-state index contributed by atoms with van der Waals surface area (Å²) in [4.78, 5) is 20.0. The fourth-order valence-electron chi connectivity index (χ4n) is 6.65. The van der Waals surface area contributed by atoms with Gasteiger partial charge in [0.25, 0.3) is 0 Å². The second-order valence-electron chi connectivity index (χ2n) is 11.3. The van der Waals surface area contributed by atoms with Crippen molar-refractivity contribution < 1.29 is 4.79 Å². The van der Waals surface area contributed by atoms with Crippen LogP contribution >= 0.6 is 12.4 Å². The van der Waals surface area contributed by atoms with Crippen molar-refractivity contribution in [1.29, 1.82) is 0 Å². The Hall–Kier alpha value is -3.41. The zero-order valence-electron chi connectivity index (χ0n) is 25.0. The number of nitrogens with zero attached hydrogens (tertiary/aromatic N) is 3. The summed E-state index contributed by atoms with van der Waals surface area (Å²) < 4.78 is 2.38. The molecule has 42 heavy (non-hydrogen) atoms. The highest BCUT2D eigenvalue weighted by Gasteiger charge is 2.40. The largest absolute Gasteiger partial charge is 0.341 e. The molecule has 0 saturated carbocycles. The zero-order valence-corrected chi connectivity index (χ0v) is 25.8. The van der Waals surface area contributed by atoms with Gasteiger partial charge in [-0.1, -0.05) is 111 Å². The van der Waals surface area contributed by atoms with E-state index in [-0.39, 0.29) is 18.3 Å². The molecule has 3 aromatic carbocycles. The minimum absolute atomic E-state index is 0. The first-order valence-corrected chi connectivity index (χ1v) is 15.4. The molecule has 1 atom stereocenters. The van der Waals surface area contributed by atoms with Crippen LogP contribution < -0.4 is 5.73 Å². The molecule has 1 aliphatic rings. The number of rotatable bonds is 11. The minimum Gasteiger partial charge on any atom is -0.341 e. The number of piperidine rings is 1. The third kappa shape index (κ3) is 6.33. The number of nitrogens with two attached hydrogens (primary N) is 1. The van der Waals surface area contributed by atoms with Gasteiger partial charge in [-0.05, 0) is 61.1 Å². The first-order valence-electron chi connectivity index (χ1n) is 15.4. The van der Waals surface area contributed by atoms with Crippen molar-refractivity contribution in [3.8, 4) is 0 Å². The lowest BCUT2D eigenvalue weighted by molar-refractivity contribution is -0.134. The summed E-state index contributed by atoms with van der Waals surface area (Å²) >= 11 is 0. The van der Waals surface area contributed by atoms with Crippen LogP contribution in [0.1, 0.15) is 74.0 Å². The third-order valence-corrected chi connectivity index (χ3v) is 8.97. The van der Waals surface area contributed by atoms with Crippen LogP contribution in [0.15, 0.2) is 97.3 Å². The van der Waals surface area contributed by atoms with Gasteiger partial charge in [0.2, 0.25) is 5.91 Å². The second kappa shape index (κ2) is 14.7. The van der Waals surface area contributed by atoms with Crippen LogP contribution in [0, 0.1) is 5.92 Å². The van der Waals surface area contributed by atoms with Gasteiger partial charge in [-0.2, -0.15) is 0 Å². The van der Waals surface area contributed by atoms with E-state index < -0.39 is 11.6 Å². The Kier molecular flexibility index (Phi) is 11.0. The number of carbonyl (C=O) groups excluding carboxylic acids is 1. The van der Waals surface area contributed by atoms with E-state index in [2.05, 4.69) is 109 Å². The van der Waals surface area contributed by atoms with Gasteiger partial charge in [0, 0.05) is 18.8 Å². The van der Waals surface area contributed by atoms with Gasteiger partial charge in [0.05, 0.1) is 18.1 Å². The molecule has 1 aromatic heterocycles. The third-order valence-electron chi connectivity index (χ3n) is 8.97. The Morgan fingerprint density at radius 1 is 0.881 bits per heavy atom. The number of hydrogen-bond donors (Lipinski definition) is 1. The lowest BCUT2D eigenvalue weighted by atomic mass is 9.76. The van der Waals surface area contributed by atoms with Crippen molar-refractivity contribution >= 4 is 18.3 Å². The molecular formula is C36H45ClN4O. The van der Waals surface area contributed by atoms with E-state index in [1.807, 2.05) is 11.2 Å². The van der Waals surface area contributed by atoms with Crippen LogP contribution in [0.25, 0.3) is 0 Å². The summed E-state index contributed by atoms with van der Waals surface area (Å²) in [6.45, 7) is 6.13. The predicted molar refractivity (Wildman–Crippen MR) is 174 cm³/mol. The highest BCUT2D eigenvalue weighted by Crippen LogP contribution is 2.42. The van der Waals surface area contributed by atoms with Gasteiger partial charge < -0.3 is 15.2 Å². The molecule has 1 fully saturated rings. The fourth-order valence-corrected chi connectivity index (χ4v) is 6.65. The predicted octanol–water partition coefficient (Wildman–Crippen LogP) is 7.01. The lowest BCUT2D eigenvalue weighted by Crippen LogP contribution is -2.47. The molecule has 1 amide bonds. The Morgan fingerprint density at radius 2 is 1.38 bits per heavy atom. The molecule has 5 rings (SSSR count). The second-order valence-corrected chi connectivity index (χ2v) is 11.3. The van der Waals surface area contributed by atoms with Crippen molar-refractivity contribution in [2.45, 2.75) is 70.4 Å². The zero-order chi connectivity index (χ0) is 28.7. The number of imidazole rings is 1. The first-order chi connectivity index (χ1) is 20.1. The summed E-state index contributed by atoms with van der Waals surface area (Å²) in [6.07, 6.45) is 8.55. The number of aryl methyl sites for hydroxylation is 1. The maximum atomic E-state index is 13.0. The van der Waals surface area contributed by atoms with E-state index in [1.54, 1.807) is 0 Å². The van der Waals surface area contributed by atoms with Crippen molar-refractivity contribution in [3.63, 3.8) is 0 Å². The molecule has 0 aliphatic carbocycles. The number of halogens is 1. The van der Waals surface area contributed by atoms with Gasteiger partial charge in [-0.25, -0.2) is 4.98 Å². The Morgan fingerprint density at radius 3 is 1.83 bits per heavy atom. The minimum atomic E-state index is -0.572. The molecule has 1 saturated heterocycles. The normalized spacial score (nSPS) is 14.8. The first kappa shape index (κ1) is 31.5. The fraction of sp³-hybridized carbons (Fsp3) is 0.389. The van der Waals surface area contributed by atoms with Crippen LogP contribution in [-0.2, 0) is 23.2 Å². The summed E-state index contributed by atoms with van der Waals surface area (Å²) in [5, 5.41) is 0. The Labute approximate surface area is 257 Å². The summed E-state index contributed by atoms with van der Waals surface area (Å²) in [5.41, 5.74) is 11.7. The SMILES string of the molecule is CCc1c(CCC[C@H](N)C(=O)N2CCC(CC)CC2)ncn1C(c1ccccc1)(c1ccccc1)c1ccccc1.Cl. The van der Waals surface area contributed by atoms with E-state index in [0.717, 1.165) is 56.8 Å². The summed E-state index contributed by atoms with van der Waals surface area (Å²) in [6, 6.07) is 31.7. The van der Waals surface area contributed by atoms with Crippen molar-refractivity contribution in [2.24, 2.45) is 11.7 Å². The lowest BCUT2D eigenvalue weighted by Gasteiger charge is -2.38. The molecule has 222 valence electrons. The maximum Gasteiger partial charge on any atom is 0.239 e. The summed E-state index contributed by atoms with van der Waals surface area (Å²) in [7, 11) is 0. The number of aromatic nitrogens is 2. The van der Waals surface area contributed by atoms with E-state index in [4.69, 9.17) is 10.7 Å². The molecule has 4 aromatic rings.